The van der Waals surface area contributed by atoms with Gasteiger partial charge >= 0.3 is 0 Å². The molecule has 1 aliphatic rings. The number of thiophene rings is 1. The third-order valence-electron chi connectivity index (χ3n) is 5.73. The predicted molar refractivity (Wildman–Crippen MR) is 127 cm³/mol. The van der Waals surface area contributed by atoms with Crippen LogP contribution in [0.5, 0.6) is 11.5 Å². The molecule has 33 heavy (non-hydrogen) atoms. The van der Waals surface area contributed by atoms with Crippen molar-refractivity contribution >= 4 is 33.8 Å². The van der Waals surface area contributed by atoms with Gasteiger partial charge < -0.3 is 20.1 Å². The van der Waals surface area contributed by atoms with Gasteiger partial charge in [-0.3, -0.25) is 9.59 Å². The van der Waals surface area contributed by atoms with E-state index in [2.05, 4.69) is 17.6 Å². The molecule has 1 aliphatic carbocycles. The summed E-state index contributed by atoms with van der Waals surface area (Å²) in [4.78, 5) is 27.4. The summed E-state index contributed by atoms with van der Waals surface area (Å²) in [7, 11) is 3.08. The maximum atomic E-state index is 13.4. The van der Waals surface area contributed by atoms with Crippen molar-refractivity contribution in [1.82, 2.24) is 0 Å². The average Bonchev–Trinajstić information content (AvgIpc) is 3.16. The van der Waals surface area contributed by atoms with Gasteiger partial charge in [-0.1, -0.05) is 6.92 Å². The molecule has 1 unspecified atom stereocenters. The van der Waals surface area contributed by atoms with Crippen LogP contribution in [0.3, 0.4) is 0 Å². The van der Waals surface area contributed by atoms with Crippen LogP contribution in [0, 0.1) is 11.7 Å². The molecule has 1 atom stereocenters. The summed E-state index contributed by atoms with van der Waals surface area (Å²) in [5.74, 6) is 0.462. The molecule has 0 saturated carbocycles. The Morgan fingerprint density at radius 3 is 2.48 bits per heavy atom. The zero-order valence-corrected chi connectivity index (χ0v) is 19.5. The van der Waals surface area contributed by atoms with Crippen molar-refractivity contribution in [2.24, 2.45) is 5.92 Å². The van der Waals surface area contributed by atoms with E-state index in [9.17, 15) is 14.0 Å². The first-order valence-electron chi connectivity index (χ1n) is 10.6. The molecule has 0 aliphatic heterocycles. The SMILES string of the molecule is COc1ccc(NC(=O)c2c(NC(=O)c3ccc(F)cc3)sc3c2CCC(C)C3)c(OC)c1. The molecule has 3 aromatic rings. The second-order valence-electron chi connectivity index (χ2n) is 8.04. The largest absolute Gasteiger partial charge is 0.497 e. The van der Waals surface area contributed by atoms with Gasteiger partial charge in [0.05, 0.1) is 25.5 Å². The summed E-state index contributed by atoms with van der Waals surface area (Å²) < 4.78 is 23.9. The highest BCUT2D eigenvalue weighted by Gasteiger charge is 2.29. The number of hydrogen-bond donors (Lipinski definition) is 2. The maximum Gasteiger partial charge on any atom is 0.259 e. The predicted octanol–water partition coefficient (Wildman–Crippen LogP) is 5.53. The number of rotatable bonds is 6. The molecule has 4 rings (SSSR count). The molecular weight excluding hydrogens is 443 g/mol. The van der Waals surface area contributed by atoms with Crippen LogP contribution in [-0.2, 0) is 12.8 Å². The molecule has 0 bridgehead atoms. The summed E-state index contributed by atoms with van der Waals surface area (Å²) in [6.07, 6.45) is 2.60. The Morgan fingerprint density at radius 2 is 1.79 bits per heavy atom. The fraction of sp³-hybridized carbons (Fsp3) is 0.280. The number of methoxy groups -OCH3 is 2. The maximum absolute atomic E-state index is 13.4. The van der Waals surface area contributed by atoms with E-state index in [1.54, 1.807) is 25.3 Å². The van der Waals surface area contributed by atoms with E-state index < -0.39 is 11.7 Å². The van der Waals surface area contributed by atoms with E-state index in [-0.39, 0.29) is 5.91 Å². The fourth-order valence-electron chi connectivity index (χ4n) is 3.94. The van der Waals surface area contributed by atoms with Crippen molar-refractivity contribution in [3.63, 3.8) is 0 Å². The quantitative estimate of drug-likeness (QED) is 0.498. The summed E-state index contributed by atoms with van der Waals surface area (Å²) in [5.41, 5.74) is 2.26. The van der Waals surface area contributed by atoms with E-state index in [4.69, 9.17) is 9.47 Å². The fourth-order valence-corrected chi connectivity index (χ4v) is 5.35. The van der Waals surface area contributed by atoms with E-state index >= 15 is 0 Å². The van der Waals surface area contributed by atoms with Crippen molar-refractivity contribution in [2.45, 2.75) is 26.2 Å². The summed E-state index contributed by atoms with van der Waals surface area (Å²) in [5, 5.41) is 6.29. The Bertz CT molecular complexity index is 1190. The molecule has 2 N–H and O–H groups in total. The number of hydrogen-bond acceptors (Lipinski definition) is 5. The number of halogens is 1. The number of carbonyl (C=O) groups excluding carboxylic acids is 2. The summed E-state index contributed by atoms with van der Waals surface area (Å²) in [6.45, 7) is 2.18. The van der Waals surface area contributed by atoms with Crippen molar-refractivity contribution in [1.29, 1.82) is 0 Å². The molecule has 8 heteroatoms. The molecule has 0 fully saturated rings. The van der Waals surface area contributed by atoms with Gasteiger partial charge in [0.2, 0.25) is 0 Å². The highest BCUT2D eigenvalue weighted by molar-refractivity contribution is 7.17. The lowest BCUT2D eigenvalue weighted by molar-refractivity contribution is 0.102. The number of benzene rings is 2. The van der Waals surface area contributed by atoms with Crippen molar-refractivity contribution in [3.05, 3.63) is 69.8 Å². The van der Waals surface area contributed by atoms with E-state index in [0.717, 1.165) is 29.7 Å². The first kappa shape index (κ1) is 22.8. The molecule has 0 saturated heterocycles. The zero-order valence-electron chi connectivity index (χ0n) is 18.7. The Hall–Kier alpha value is -3.39. The molecule has 172 valence electrons. The Labute approximate surface area is 195 Å². The minimum atomic E-state index is -0.416. The first-order chi connectivity index (χ1) is 15.9. The summed E-state index contributed by atoms with van der Waals surface area (Å²) >= 11 is 1.43. The zero-order chi connectivity index (χ0) is 23.5. The van der Waals surface area contributed by atoms with Crippen LogP contribution in [-0.4, -0.2) is 26.0 Å². The molecular formula is C25H25FN2O4S. The standard InChI is InChI=1S/C25H25FN2O4S/c1-14-4-10-18-21(12-14)33-25(28-23(29)15-5-7-16(26)8-6-15)22(18)24(30)27-19-11-9-17(31-2)13-20(19)32-3/h5-9,11,13-14H,4,10,12H2,1-3H3,(H,27,30)(H,28,29). The Balaban J connectivity index is 1.67. The van der Waals surface area contributed by atoms with Gasteiger partial charge in [-0.05, 0) is 67.1 Å². The highest BCUT2D eigenvalue weighted by Crippen LogP contribution is 2.41. The lowest BCUT2D eigenvalue weighted by Crippen LogP contribution is -2.19. The molecule has 0 radical (unpaired) electrons. The van der Waals surface area contributed by atoms with Crippen molar-refractivity contribution in [2.75, 3.05) is 24.9 Å². The van der Waals surface area contributed by atoms with Gasteiger partial charge in [-0.15, -0.1) is 11.3 Å². The van der Waals surface area contributed by atoms with Crippen LogP contribution in [0.1, 0.15) is 44.5 Å². The van der Waals surface area contributed by atoms with Crippen molar-refractivity contribution < 1.29 is 23.5 Å². The van der Waals surface area contributed by atoms with Gasteiger partial charge in [0.25, 0.3) is 11.8 Å². The number of amides is 2. The average molecular weight is 469 g/mol. The molecule has 2 amide bonds. The summed E-state index contributed by atoms with van der Waals surface area (Å²) in [6, 6.07) is 10.5. The molecule has 0 spiro atoms. The Morgan fingerprint density at radius 1 is 1.03 bits per heavy atom. The van der Waals surface area contributed by atoms with Gasteiger partial charge in [-0.25, -0.2) is 4.39 Å². The van der Waals surface area contributed by atoms with Crippen LogP contribution in [0.2, 0.25) is 0 Å². The van der Waals surface area contributed by atoms with Gasteiger partial charge in [0.1, 0.15) is 22.3 Å². The second-order valence-corrected chi connectivity index (χ2v) is 9.14. The third kappa shape index (κ3) is 4.85. The Kier molecular flexibility index (Phi) is 6.65. The van der Waals surface area contributed by atoms with Crippen LogP contribution in [0.4, 0.5) is 15.1 Å². The third-order valence-corrected chi connectivity index (χ3v) is 6.90. The topological polar surface area (TPSA) is 76.7 Å². The van der Waals surface area contributed by atoms with Gasteiger partial charge in [0.15, 0.2) is 0 Å². The van der Waals surface area contributed by atoms with Crippen LogP contribution >= 0.6 is 11.3 Å². The number of nitrogens with one attached hydrogen (secondary N) is 2. The van der Waals surface area contributed by atoms with Gasteiger partial charge in [-0.2, -0.15) is 0 Å². The molecule has 1 aromatic heterocycles. The minimum Gasteiger partial charge on any atom is -0.497 e. The van der Waals surface area contributed by atoms with Crippen LogP contribution < -0.4 is 20.1 Å². The normalized spacial score (nSPS) is 14.8. The smallest absolute Gasteiger partial charge is 0.259 e. The van der Waals surface area contributed by atoms with Crippen LogP contribution in [0.15, 0.2) is 42.5 Å². The molecule has 6 nitrogen and oxygen atoms in total. The van der Waals surface area contributed by atoms with Crippen molar-refractivity contribution in [3.8, 4) is 11.5 Å². The van der Waals surface area contributed by atoms with E-state index in [1.807, 2.05) is 0 Å². The number of ether oxygens (including phenoxy) is 2. The lowest BCUT2D eigenvalue weighted by Gasteiger charge is -2.19. The number of fused-ring (bicyclic) bond motifs is 1. The molecule has 1 heterocycles. The first-order valence-corrected chi connectivity index (χ1v) is 11.5. The number of carbonyl (C=O) groups is 2. The molecule has 2 aromatic carbocycles. The van der Waals surface area contributed by atoms with E-state index in [1.165, 1.54) is 42.7 Å². The number of anilines is 2. The van der Waals surface area contributed by atoms with Gasteiger partial charge in [0, 0.05) is 16.5 Å². The van der Waals surface area contributed by atoms with E-state index in [0.29, 0.717) is 39.2 Å². The minimum absolute atomic E-state index is 0.319. The monoisotopic (exact) mass is 468 g/mol. The van der Waals surface area contributed by atoms with Crippen LogP contribution in [0.25, 0.3) is 0 Å². The lowest BCUT2D eigenvalue weighted by atomic mass is 9.88. The second kappa shape index (κ2) is 9.62. The highest BCUT2D eigenvalue weighted by atomic mass is 32.1.